The molecular weight excluding hydrogens is 354 g/mol. The maximum absolute atomic E-state index is 12.9. The molecule has 1 aliphatic heterocycles. The average Bonchev–Trinajstić information content (AvgIpc) is 3.19. The van der Waals surface area contributed by atoms with Crippen LogP contribution in [0.2, 0.25) is 0 Å². The number of hydrogen-bond donors (Lipinski definition) is 1. The van der Waals surface area contributed by atoms with Crippen molar-refractivity contribution in [3.63, 3.8) is 0 Å². The highest BCUT2D eigenvalue weighted by Gasteiger charge is 2.31. The molecule has 2 N–H and O–H groups in total. The van der Waals surface area contributed by atoms with Gasteiger partial charge in [-0.2, -0.15) is 5.10 Å². The maximum Gasteiger partial charge on any atom is 0.254 e. The number of hydrogen-bond acceptors (Lipinski definition) is 4. The maximum atomic E-state index is 12.9. The van der Waals surface area contributed by atoms with Crippen molar-refractivity contribution < 1.29 is 9.59 Å². The van der Waals surface area contributed by atoms with Gasteiger partial charge >= 0.3 is 0 Å². The van der Waals surface area contributed by atoms with Crippen LogP contribution in [0.3, 0.4) is 0 Å². The van der Waals surface area contributed by atoms with Gasteiger partial charge in [0, 0.05) is 30.4 Å². The van der Waals surface area contributed by atoms with E-state index in [1.54, 1.807) is 4.52 Å². The minimum atomic E-state index is -0.539. The molecule has 2 amide bonds. The van der Waals surface area contributed by atoms with E-state index in [9.17, 15) is 9.59 Å². The first-order chi connectivity index (χ1) is 13.1. The van der Waals surface area contributed by atoms with Gasteiger partial charge in [-0.1, -0.05) is 20.8 Å². The molecule has 0 radical (unpaired) electrons. The average molecular weight is 386 g/mol. The largest absolute Gasteiger partial charge is 0.365 e. The van der Waals surface area contributed by atoms with Gasteiger partial charge in [0.25, 0.3) is 5.91 Å². The normalized spacial score (nSPS) is 17.5. The SMILES string of the molecule is Cc1nc2c(C(N)=O)cnn2c(C)c1CCC(=O)N1CCCC1CC(C)(C)C. The van der Waals surface area contributed by atoms with Gasteiger partial charge in [-0.25, -0.2) is 9.50 Å². The summed E-state index contributed by atoms with van der Waals surface area (Å²) >= 11 is 0. The molecule has 0 spiro atoms. The number of amides is 2. The van der Waals surface area contributed by atoms with Crippen LogP contribution in [0, 0.1) is 19.3 Å². The van der Waals surface area contributed by atoms with Crippen molar-refractivity contribution in [2.24, 2.45) is 11.1 Å². The van der Waals surface area contributed by atoms with E-state index in [0.717, 1.165) is 42.8 Å². The number of likely N-dealkylation sites (tertiary alicyclic amines) is 1. The van der Waals surface area contributed by atoms with Crippen LogP contribution in [0.4, 0.5) is 0 Å². The lowest BCUT2D eigenvalue weighted by Gasteiger charge is -2.30. The van der Waals surface area contributed by atoms with Crippen molar-refractivity contribution >= 4 is 17.5 Å². The van der Waals surface area contributed by atoms with E-state index < -0.39 is 5.91 Å². The van der Waals surface area contributed by atoms with Crippen LogP contribution in [-0.2, 0) is 11.2 Å². The monoisotopic (exact) mass is 385 g/mol. The number of fused-ring (bicyclic) bond motifs is 1. The number of primary amides is 1. The third-order valence-electron chi connectivity index (χ3n) is 5.61. The van der Waals surface area contributed by atoms with Gasteiger partial charge in [0.05, 0.1) is 6.20 Å². The molecule has 1 unspecified atom stereocenters. The second kappa shape index (κ2) is 7.53. The molecule has 1 aliphatic rings. The Hall–Kier alpha value is -2.44. The summed E-state index contributed by atoms with van der Waals surface area (Å²) in [4.78, 5) is 31.1. The third-order valence-corrected chi connectivity index (χ3v) is 5.61. The Bertz CT molecular complexity index is 910. The first kappa shape index (κ1) is 20.3. The fourth-order valence-electron chi connectivity index (χ4n) is 4.31. The Balaban J connectivity index is 1.76. The first-order valence-electron chi connectivity index (χ1n) is 10.0. The van der Waals surface area contributed by atoms with Crippen molar-refractivity contribution in [1.29, 1.82) is 0 Å². The van der Waals surface area contributed by atoms with E-state index >= 15 is 0 Å². The zero-order chi connectivity index (χ0) is 20.6. The lowest BCUT2D eigenvalue weighted by atomic mass is 9.87. The quantitative estimate of drug-likeness (QED) is 0.856. The summed E-state index contributed by atoms with van der Waals surface area (Å²) in [7, 11) is 0. The van der Waals surface area contributed by atoms with E-state index in [4.69, 9.17) is 5.73 Å². The molecule has 152 valence electrons. The Kier molecular flexibility index (Phi) is 5.46. The van der Waals surface area contributed by atoms with Crippen molar-refractivity contribution in [3.8, 4) is 0 Å². The summed E-state index contributed by atoms with van der Waals surface area (Å²) in [6, 6.07) is 0.347. The van der Waals surface area contributed by atoms with Crippen molar-refractivity contribution in [2.75, 3.05) is 6.54 Å². The number of carbonyl (C=O) groups excluding carboxylic acids is 2. The van der Waals surface area contributed by atoms with E-state index in [1.807, 2.05) is 13.8 Å². The summed E-state index contributed by atoms with van der Waals surface area (Å²) < 4.78 is 1.64. The van der Waals surface area contributed by atoms with E-state index in [1.165, 1.54) is 6.20 Å². The molecule has 0 aliphatic carbocycles. The minimum Gasteiger partial charge on any atom is -0.365 e. The summed E-state index contributed by atoms with van der Waals surface area (Å²) in [5.41, 5.74) is 9.13. The van der Waals surface area contributed by atoms with Gasteiger partial charge in [-0.05, 0) is 50.5 Å². The highest BCUT2D eigenvalue weighted by Crippen LogP contribution is 2.30. The van der Waals surface area contributed by atoms with Gasteiger partial charge in [-0.15, -0.1) is 0 Å². The van der Waals surface area contributed by atoms with Crippen LogP contribution in [0.5, 0.6) is 0 Å². The summed E-state index contributed by atoms with van der Waals surface area (Å²) in [5, 5.41) is 4.26. The van der Waals surface area contributed by atoms with Crippen molar-refractivity contribution in [1.82, 2.24) is 19.5 Å². The fraction of sp³-hybridized carbons (Fsp3) is 0.619. The molecule has 1 atom stereocenters. The number of aryl methyl sites for hydroxylation is 2. The minimum absolute atomic E-state index is 0.212. The lowest BCUT2D eigenvalue weighted by Crippen LogP contribution is -2.37. The molecule has 2 aromatic rings. The molecular formula is C21H31N5O2. The number of rotatable bonds is 5. The zero-order valence-electron chi connectivity index (χ0n) is 17.6. The fourth-order valence-corrected chi connectivity index (χ4v) is 4.31. The highest BCUT2D eigenvalue weighted by molar-refractivity contribution is 5.98. The van der Waals surface area contributed by atoms with Gasteiger partial charge in [0.15, 0.2) is 5.65 Å². The predicted octanol–water partition coefficient (Wildman–Crippen LogP) is 2.80. The highest BCUT2D eigenvalue weighted by atomic mass is 16.2. The molecule has 7 heteroatoms. The molecule has 1 fully saturated rings. The van der Waals surface area contributed by atoms with Crippen LogP contribution in [0.15, 0.2) is 6.20 Å². The third kappa shape index (κ3) is 4.03. The van der Waals surface area contributed by atoms with Crippen molar-refractivity contribution in [3.05, 3.63) is 28.7 Å². The topological polar surface area (TPSA) is 93.6 Å². The van der Waals surface area contributed by atoms with Crippen molar-refractivity contribution in [2.45, 2.75) is 72.8 Å². The molecule has 1 saturated heterocycles. The molecule has 0 aromatic carbocycles. The van der Waals surface area contributed by atoms with Gasteiger partial charge < -0.3 is 10.6 Å². The summed E-state index contributed by atoms with van der Waals surface area (Å²) in [6.07, 6.45) is 5.74. The molecule has 7 nitrogen and oxygen atoms in total. The number of carbonyl (C=O) groups is 2. The Morgan fingerprint density at radius 2 is 2.00 bits per heavy atom. The van der Waals surface area contributed by atoms with E-state index in [0.29, 0.717) is 30.1 Å². The summed E-state index contributed by atoms with van der Waals surface area (Å²) in [5.74, 6) is -0.327. The van der Waals surface area contributed by atoms with Crippen LogP contribution < -0.4 is 5.73 Å². The smallest absolute Gasteiger partial charge is 0.254 e. The van der Waals surface area contributed by atoms with Gasteiger partial charge in [-0.3, -0.25) is 9.59 Å². The Morgan fingerprint density at radius 3 is 2.64 bits per heavy atom. The molecule has 0 saturated carbocycles. The zero-order valence-corrected chi connectivity index (χ0v) is 17.6. The summed E-state index contributed by atoms with van der Waals surface area (Å²) in [6.45, 7) is 11.4. The van der Waals surface area contributed by atoms with E-state index in [2.05, 4.69) is 35.8 Å². The standard InChI is InChI=1S/C21H31N5O2/c1-13-16(14(2)26-20(24-13)17(12-23-26)19(22)28)8-9-18(27)25-10-6-7-15(25)11-21(3,4)5/h12,15H,6-11H2,1-5H3,(H2,22,28). The molecule has 3 rings (SSSR count). The van der Waals surface area contributed by atoms with Crippen LogP contribution in [0.25, 0.3) is 5.65 Å². The molecule has 2 aromatic heterocycles. The number of nitrogens with two attached hydrogens (primary N) is 1. The second-order valence-corrected chi connectivity index (χ2v) is 9.07. The lowest BCUT2D eigenvalue weighted by molar-refractivity contribution is -0.132. The van der Waals surface area contributed by atoms with Gasteiger partial charge in [0.1, 0.15) is 5.56 Å². The number of nitrogens with zero attached hydrogens (tertiary/aromatic N) is 4. The predicted molar refractivity (Wildman–Crippen MR) is 108 cm³/mol. The molecule has 28 heavy (non-hydrogen) atoms. The van der Waals surface area contributed by atoms with Crippen LogP contribution >= 0.6 is 0 Å². The molecule has 3 heterocycles. The Labute approximate surface area is 166 Å². The Morgan fingerprint density at radius 1 is 1.29 bits per heavy atom. The first-order valence-corrected chi connectivity index (χ1v) is 10.0. The van der Waals surface area contributed by atoms with Gasteiger partial charge in [0.2, 0.25) is 5.91 Å². The molecule has 0 bridgehead atoms. The van der Waals surface area contributed by atoms with E-state index in [-0.39, 0.29) is 11.3 Å². The van der Waals surface area contributed by atoms with Crippen LogP contribution in [-0.4, -0.2) is 43.9 Å². The second-order valence-electron chi connectivity index (χ2n) is 9.07. The number of aromatic nitrogens is 3. The van der Waals surface area contributed by atoms with Crippen LogP contribution in [0.1, 0.15) is 73.8 Å².